The lowest BCUT2D eigenvalue weighted by atomic mass is 10.1. The van der Waals surface area contributed by atoms with Crippen molar-refractivity contribution in [3.63, 3.8) is 0 Å². The lowest BCUT2D eigenvalue weighted by Crippen LogP contribution is -2.43. The first-order valence-electron chi connectivity index (χ1n) is 8.75. The van der Waals surface area contributed by atoms with E-state index in [2.05, 4.69) is 28.5 Å². The molecule has 2 aliphatic heterocycles. The van der Waals surface area contributed by atoms with Gasteiger partial charge in [-0.2, -0.15) is 0 Å². The van der Waals surface area contributed by atoms with Crippen LogP contribution in [0.25, 0.3) is 0 Å². The number of nitrogens with zero attached hydrogens (tertiary/aromatic N) is 1. The summed E-state index contributed by atoms with van der Waals surface area (Å²) < 4.78 is 5.57. The van der Waals surface area contributed by atoms with E-state index in [0.717, 1.165) is 63.3 Å². The molecule has 1 unspecified atom stereocenters. The van der Waals surface area contributed by atoms with Crippen LogP contribution < -0.4 is 15.5 Å². The van der Waals surface area contributed by atoms with Gasteiger partial charge in [0.2, 0.25) is 0 Å². The average molecular weight is 317 g/mol. The number of hydrogen-bond donors (Lipinski definition) is 2. The summed E-state index contributed by atoms with van der Waals surface area (Å²) in [6.07, 6.45) is 3.26. The van der Waals surface area contributed by atoms with Gasteiger partial charge in [-0.25, -0.2) is 0 Å². The molecule has 2 heterocycles. The van der Waals surface area contributed by atoms with Crippen LogP contribution >= 0.6 is 0 Å². The molecule has 0 bridgehead atoms. The van der Waals surface area contributed by atoms with Gasteiger partial charge in [0.15, 0.2) is 0 Å². The molecule has 1 aromatic rings. The van der Waals surface area contributed by atoms with Crippen LogP contribution in [0, 0.1) is 0 Å². The first-order valence-corrected chi connectivity index (χ1v) is 8.75. The Bertz CT molecular complexity index is 535. The Kier molecular flexibility index (Phi) is 5.51. The maximum atomic E-state index is 12.5. The number of benzene rings is 1. The smallest absolute Gasteiger partial charge is 0.251 e. The summed E-state index contributed by atoms with van der Waals surface area (Å²) in [6, 6.07) is 6.24. The normalized spacial score (nSPS) is 21.4. The Labute approximate surface area is 138 Å². The summed E-state index contributed by atoms with van der Waals surface area (Å²) in [5.74, 6) is 0.00665. The van der Waals surface area contributed by atoms with E-state index in [1.807, 2.05) is 12.1 Å². The zero-order chi connectivity index (χ0) is 16.1. The quantitative estimate of drug-likeness (QED) is 0.865. The van der Waals surface area contributed by atoms with E-state index in [4.69, 9.17) is 4.74 Å². The molecule has 0 aromatic heterocycles. The second-order valence-electron chi connectivity index (χ2n) is 6.32. The van der Waals surface area contributed by atoms with Gasteiger partial charge in [0.05, 0.1) is 6.10 Å². The van der Waals surface area contributed by atoms with Crippen LogP contribution in [0.2, 0.25) is 0 Å². The maximum Gasteiger partial charge on any atom is 0.251 e. The van der Waals surface area contributed by atoms with Gasteiger partial charge < -0.3 is 20.3 Å². The van der Waals surface area contributed by atoms with Gasteiger partial charge in [0, 0.05) is 50.6 Å². The molecule has 2 saturated heterocycles. The predicted octanol–water partition coefficient (Wildman–Crippen LogP) is 1.57. The van der Waals surface area contributed by atoms with E-state index in [1.165, 1.54) is 5.56 Å². The molecule has 3 rings (SSSR count). The minimum atomic E-state index is 0.00665. The van der Waals surface area contributed by atoms with Gasteiger partial charge in [0.1, 0.15) is 0 Å². The number of aryl methyl sites for hydroxylation is 1. The molecule has 1 amide bonds. The third-order valence-electron chi connectivity index (χ3n) is 4.64. The third kappa shape index (κ3) is 4.24. The van der Waals surface area contributed by atoms with E-state index in [-0.39, 0.29) is 12.0 Å². The van der Waals surface area contributed by atoms with E-state index < -0.39 is 0 Å². The van der Waals surface area contributed by atoms with E-state index in [0.29, 0.717) is 6.54 Å². The minimum Gasteiger partial charge on any atom is -0.376 e. The molecule has 23 heavy (non-hydrogen) atoms. The average Bonchev–Trinajstić information content (AvgIpc) is 3.13. The minimum absolute atomic E-state index is 0.00665. The summed E-state index contributed by atoms with van der Waals surface area (Å²) in [5, 5.41) is 6.39. The fourth-order valence-corrected chi connectivity index (χ4v) is 3.23. The highest BCUT2D eigenvalue weighted by molar-refractivity contribution is 5.95. The zero-order valence-corrected chi connectivity index (χ0v) is 13.9. The number of anilines is 1. The second-order valence-corrected chi connectivity index (χ2v) is 6.32. The number of hydrogen-bond acceptors (Lipinski definition) is 4. The van der Waals surface area contributed by atoms with Gasteiger partial charge in [-0.1, -0.05) is 6.92 Å². The van der Waals surface area contributed by atoms with Crippen LogP contribution in [-0.2, 0) is 11.2 Å². The van der Waals surface area contributed by atoms with Crippen molar-refractivity contribution < 1.29 is 9.53 Å². The molecule has 0 radical (unpaired) electrons. The van der Waals surface area contributed by atoms with Crippen molar-refractivity contribution in [2.45, 2.75) is 32.3 Å². The Morgan fingerprint density at radius 2 is 2.17 bits per heavy atom. The number of amides is 1. The van der Waals surface area contributed by atoms with Gasteiger partial charge in [-0.3, -0.25) is 4.79 Å². The molecule has 2 aliphatic rings. The Morgan fingerprint density at radius 1 is 1.35 bits per heavy atom. The summed E-state index contributed by atoms with van der Waals surface area (Å²) >= 11 is 0. The predicted molar refractivity (Wildman–Crippen MR) is 92.2 cm³/mol. The Hall–Kier alpha value is -1.59. The fraction of sp³-hybridized carbons (Fsp3) is 0.611. The molecule has 5 heteroatoms. The summed E-state index contributed by atoms with van der Waals surface area (Å²) in [6.45, 7) is 7.53. The molecule has 126 valence electrons. The molecule has 1 aromatic carbocycles. The second kappa shape index (κ2) is 7.79. The van der Waals surface area contributed by atoms with Crippen molar-refractivity contribution in [3.05, 3.63) is 29.3 Å². The molecular formula is C18H27N3O2. The summed E-state index contributed by atoms with van der Waals surface area (Å²) in [7, 11) is 0. The third-order valence-corrected chi connectivity index (χ3v) is 4.64. The zero-order valence-electron chi connectivity index (χ0n) is 13.9. The van der Waals surface area contributed by atoms with Crippen molar-refractivity contribution in [3.8, 4) is 0 Å². The number of ether oxygens (including phenoxy) is 1. The number of nitrogens with one attached hydrogen (secondary N) is 2. The van der Waals surface area contributed by atoms with Gasteiger partial charge in [-0.15, -0.1) is 0 Å². The van der Waals surface area contributed by atoms with Crippen molar-refractivity contribution in [1.82, 2.24) is 10.6 Å². The lowest BCUT2D eigenvalue weighted by molar-refractivity contribution is 0.0857. The Balaban J connectivity index is 1.70. The Morgan fingerprint density at radius 3 is 2.87 bits per heavy atom. The standard InChI is InChI=1S/C18H27N3O2/c1-2-14-10-15(18(22)20-13-17-4-3-9-23-17)12-16(11-14)21-7-5-19-6-8-21/h10-12,17,19H,2-9,13H2,1H3,(H,20,22). The van der Waals surface area contributed by atoms with E-state index in [9.17, 15) is 4.79 Å². The monoisotopic (exact) mass is 317 g/mol. The van der Waals surface area contributed by atoms with Crippen molar-refractivity contribution in [2.24, 2.45) is 0 Å². The van der Waals surface area contributed by atoms with Crippen LogP contribution in [0.5, 0.6) is 0 Å². The number of piperazine rings is 1. The van der Waals surface area contributed by atoms with Gasteiger partial charge in [0.25, 0.3) is 5.91 Å². The van der Waals surface area contributed by atoms with Gasteiger partial charge in [-0.05, 0) is 43.0 Å². The van der Waals surface area contributed by atoms with Crippen molar-refractivity contribution in [1.29, 1.82) is 0 Å². The number of carbonyl (C=O) groups is 1. The highest BCUT2D eigenvalue weighted by Crippen LogP contribution is 2.21. The van der Waals surface area contributed by atoms with Crippen molar-refractivity contribution in [2.75, 3.05) is 44.2 Å². The molecule has 0 saturated carbocycles. The molecule has 1 atom stereocenters. The van der Waals surface area contributed by atoms with Crippen LogP contribution in [-0.4, -0.2) is 51.3 Å². The number of carbonyl (C=O) groups excluding carboxylic acids is 1. The molecule has 0 spiro atoms. The SMILES string of the molecule is CCc1cc(C(=O)NCC2CCCO2)cc(N2CCNCC2)c1. The molecule has 0 aliphatic carbocycles. The first-order chi connectivity index (χ1) is 11.3. The maximum absolute atomic E-state index is 12.5. The van der Waals surface area contributed by atoms with E-state index >= 15 is 0 Å². The first kappa shape index (κ1) is 16.3. The van der Waals surface area contributed by atoms with Crippen LogP contribution in [0.15, 0.2) is 18.2 Å². The van der Waals surface area contributed by atoms with Crippen molar-refractivity contribution >= 4 is 11.6 Å². The molecule has 5 nitrogen and oxygen atoms in total. The summed E-state index contributed by atoms with van der Waals surface area (Å²) in [5.41, 5.74) is 3.13. The highest BCUT2D eigenvalue weighted by atomic mass is 16.5. The topological polar surface area (TPSA) is 53.6 Å². The van der Waals surface area contributed by atoms with Crippen LogP contribution in [0.4, 0.5) is 5.69 Å². The summed E-state index contributed by atoms with van der Waals surface area (Å²) in [4.78, 5) is 14.9. The lowest BCUT2D eigenvalue weighted by Gasteiger charge is -2.30. The molecule has 2 fully saturated rings. The van der Waals surface area contributed by atoms with Crippen LogP contribution in [0.1, 0.15) is 35.7 Å². The van der Waals surface area contributed by atoms with Gasteiger partial charge >= 0.3 is 0 Å². The highest BCUT2D eigenvalue weighted by Gasteiger charge is 2.18. The fourth-order valence-electron chi connectivity index (χ4n) is 3.23. The number of rotatable bonds is 5. The van der Waals surface area contributed by atoms with E-state index in [1.54, 1.807) is 0 Å². The largest absolute Gasteiger partial charge is 0.376 e. The molecule has 2 N–H and O–H groups in total. The molecular weight excluding hydrogens is 290 g/mol. The van der Waals surface area contributed by atoms with Crippen LogP contribution in [0.3, 0.4) is 0 Å².